The van der Waals surface area contributed by atoms with Crippen molar-refractivity contribution in [3.05, 3.63) is 29.8 Å². The Bertz CT molecular complexity index is 488. The number of thioether (sulfide) groups is 1. The van der Waals surface area contributed by atoms with Crippen LogP contribution in [0.2, 0.25) is 0 Å². The zero-order valence-electron chi connectivity index (χ0n) is 11.5. The van der Waals surface area contributed by atoms with E-state index in [-0.39, 0.29) is 6.10 Å². The van der Waals surface area contributed by atoms with Crippen LogP contribution in [0.4, 0.5) is 0 Å². The Kier molecular flexibility index (Phi) is 3.92. The molecule has 1 aliphatic heterocycles. The minimum atomic E-state index is -0.691. The molecule has 2 aliphatic rings. The standard InChI is InChI=1S/C16H20O3S/c17-15(18)16(7-1-2-8-16)12-4-3-5-13(10-12)19-14-6-9-20-11-14/h3-5,10,14H,1-2,6-9,11H2,(H,17,18). The minimum absolute atomic E-state index is 0.277. The maximum atomic E-state index is 11.7. The van der Waals surface area contributed by atoms with Crippen LogP contribution in [-0.4, -0.2) is 28.7 Å². The lowest BCUT2D eigenvalue weighted by molar-refractivity contribution is -0.143. The third-order valence-electron chi connectivity index (χ3n) is 4.44. The molecule has 1 unspecified atom stereocenters. The van der Waals surface area contributed by atoms with Gasteiger partial charge in [0.2, 0.25) is 0 Å². The van der Waals surface area contributed by atoms with Crippen molar-refractivity contribution in [1.82, 2.24) is 0 Å². The molecule has 1 heterocycles. The molecule has 1 saturated carbocycles. The fourth-order valence-electron chi connectivity index (χ4n) is 3.27. The second kappa shape index (κ2) is 5.68. The Morgan fingerprint density at radius 3 is 2.80 bits per heavy atom. The summed E-state index contributed by atoms with van der Waals surface area (Å²) in [5, 5.41) is 9.65. The van der Waals surface area contributed by atoms with Crippen molar-refractivity contribution in [2.75, 3.05) is 11.5 Å². The second-order valence-electron chi connectivity index (χ2n) is 5.73. The molecule has 0 bridgehead atoms. The van der Waals surface area contributed by atoms with Crippen LogP contribution in [0.1, 0.15) is 37.7 Å². The quantitative estimate of drug-likeness (QED) is 0.923. The largest absolute Gasteiger partial charge is 0.490 e. The highest BCUT2D eigenvalue weighted by Gasteiger charge is 2.43. The molecule has 108 valence electrons. The zero-order valence-corrected chi connectivity index (χ0v) is 12.3. The first-order valence-electron chi connectivity index (χ1n) is 7.29. The lowest BCUT2D eigenvalue weighted by Crippen LogP contribution is -2.32. The van der Waals surface area contributed by atoms with E-state index in [1.807, 2.05) is 36.0 Å². The van der Waals surface area contributed by atoms with Crippen molar-refractivity contribution < 1.29 is 14.6 Å². The molecule has 0 radical (unpaired) electrons. The van der Waals surface area contributed by atoms with Gasteiger partial charge in [-0.2, -0.15) is 11.8 Å². The number of carbonyl (C=O) groups is 1. The average Bonchev–Trinajstić information content (AvgIpc) is 3.10. The molecule has 1 atom stereocenters. The van der Waals surface area contributed by atoms with Gasteiger partial charge in [0.05, 0.1) is 5.41 Å². The lowest BCUT2D eigenvalue weighted by Gasteiger charge is -2.25. The number of carboxylic acid groups (broad SMARTS) is 1. The van der Waals surface area contributed by atoms with Crippen LogP contribution >= 0.6 is 11.8 Å². The van der Waals surface area contributed by atoms with Gasteiger partial charge in [-0.3, -0.25) is 4.79 Å². The summed E-state index contributed by atoms with van der Waals surface area (Å²) in [7, 11) is 0. The molecule has 1 aromatic carbocycles. The maximum absolute atomic E-state index is 11.7. The van der Waals surface area contributed by atoms with Crippen molar-refractivity contribution in [2.24, 2.45) is 0 Å². The second-order valence-corrected chi connectivity index (χ2v) is 6.88. The van der Waals surface area contributed by atoms with E-state index in [0.29, 0.717) is 0 Å². The molecular formula is C16H20O3S. The smallest absolute Gasteiger partial charge is 0.314 e. The van der Waals surface area contributed by atoms with Crippen LogP contribution in [-0.2, 0) is 10.2 Å². The average molecular weight is 292 g/mol. The van der Waals surface area contributed by atoms with E-state index >= 15 is 0 Å². The van der Waals surface area contributed by atoms with E-state index in [9.17, 15) is 9.90 Å². The normalized spacial score (nSPS) is 24.7. The molecule has 2 fully saturated rings. The number of hydrogen-bond donors (Lipinski definition) is 1. The summed E-state index contributed by atoms with van der Waals surface area (Å²) in [5.74, 6) is 2.32. The van der Waals surface area contributed by atoms with Crippen molar-refractivity contribution in [1.29, 1.82) is 0 Å². The first-order valence-corrected chi connectivity index (χ1v) is 8.44. The predicted molar refractivity (Wildman–Crippen MR) is 80.6 cm³/mol. The minimum Gasteiger partial charge on any atom is -0.490 e. The number of carboxylic acids is 1. The third kappa shape index (κ3) is 2.53. The van der Waals surface area contributed by atoms with E-state index in [2.05, 4.69) is 0 Å². The Balaban J connectivity index is 1.84. The van der Waals surface area contributed by atoms with Crippen molar-refractivity contribution >= 4 is 17.7 Å². The van der Waals surface area contributed by atoms with Crippen LogP contribution in [0.3, 0.4) is 0 Å². The molecule has 0 aromatic heterocycles. The highest BCUT2D eigenvalue weighted by Crippen LogP contribution is 2.42. The van der Waals surface area contributed by atoms with Gasteiger partial charge in [0, 0.05) is 5.75 Å². The van der Waals surface area contributed by atoms with Gasteiger partial charge in [0.1, 0.15) is 11.9 Å². The first kappa shape index (κ1) is 13.8. The highest BCUT2D eigenvalue weighted by molar-refractivity contribution is 7.99. The van der Waals surface area contributed by atoms with Crippen LogP contribution in [0.15, 0.2) is 24.3 Å². The van der Waals surface area contributed by atoms with Gasteiger partial charge in [0.15, 0.2) is 0 Å². The first-order chi connectivity index (χ1) is 9.71. The van der Waals surface area contributed by atoms with Crippen molar-refractivity contribution in [3.8, 4) is 5.75 Å². The maximum Gasteiger partial charge on any atom is 0.314 e. The third-order valence-corrected chi connectivity index (χ3v) is 5.58. The Labute approximate surface area is 123 Å². The monoisotopic (exact) mass is 292 g/mol. The summed E-state index contributed by atoms with van der Waals surface area (Å²) in [5.41, 5.74) is 0.217. The Hall–Kier alpha value is -1.16. The fourth-order valence-corrected chi connectivity index (χ4v) is 4.36. The topological polar surface area (TPSA) is 46.5 Å². The summed E-state index contributed by atoms with van der Waals surface area (Å²) in [6.45, 7) is 0. The molecule has 3 rings (SSSR count). The van der Waals surface area contributed by atoms with Gasteiger partial charge >= 0.3 is 5.97 Å². The van der Waals surface area contributed by atoms with E-state index in [1.54, 1.807) is 0 Å². The number of rotatable bonds is 4. The van der Waals surface area contributed by atoms with Gasteiger partial charge in [0.25, 0.3) is 0 Å². The molecule has 1 saturated heterocycles. The fraction of sp³-hybridized carbons (Fsp3) is 0.562. The molecule has 1 aliphatic carbocycles. The van der Waals surface area contributed by atoms with Crippen molar-refractivity contribution in [2.45, 2.75) is 43.6 Å². The molecule has 1 aromatic rings. The number of aliphatic carboxylic acids is 1. The summed E-state index contributed by atoms with van der Waals surface area (Å²) < 4.78 is 5.99. The summed E-state index contributed by atoms with van der Waals surface area (Å²) in [4.78, 5) is 11.7. The zero-order chi connectivity index (χ0) is 14.0. The van der Waals surface area contributed by atoms with E-state index in [0.717, 1.165) is 54.9 Å². The van der Waals surface area contributed by atoms with Crippen LogP contribution in [0.5, 0.6) is 5.75 Å². The van der Waals surface area contributed by atoms with Crippen LogP contribution in [0.25, 0.3) is 0 Å². The van der Waals surface area contributed by atoms with E-state index in [4.69, 9.17) is 4.74 Å². The predicted octanol–water partition coefficient (Wildman–Crippen LogP) is 3.47. The summed E-state index contributed by atoms with van der Waals surface area (Å²) in [6, 6.07) is 7.75. The van der Waals surface area contributed by atoms with Gasteiger partial charge in [-0.05, 0) is 42.7 Å². The van der Waals surface area contributed by atoms with Gasteiger partial charge < -0.3 is 9.84 Å². The van der Waals surface area contributed by atoms with Gasteiger partial charge in [-0.15, -0.1) is 0 Å². The van der Waals surface area contributed by atoms with Gasteiger partial charge in [-0.1, -0.05) is 25.0 Å². The molecule has 1 N–H and O–H groups in total. The molecule has 0 amide bonds. The van der Waals surface area contributed by atoms with Crippen LogP contribution < -0.4 is 4.74 Å². The van der Waals surface area contributed by atoms with E-state index in [1.165, 1.54) is 0 Å². The van der Waals surface area contributed by atoms with E-state index < -0.39 is 11.4 Å². The molecule has 3 nitrogen and oxygen atoms in total. The summed E-state index contributed by atoms with van der Waals surface area (Å²) in [6.07, 6.45) is 4.84. The molecule has 0 spiro atoms. The lowest BCUT2D eigenvalue weighted by atomic mass is 9.79. The number of hydrogen-bond acceptors (Lipinski definition) is 3. The molecular weight excluding hydrogens is 272 g/mol. The SMILES string of the molecule is O=C(O)C1(c2cccc(OC3CCSC3)c2)CCCC1. The van der Waals surface area contributed by atoms with Crippen molar-refractivity contribution in [3.63, 3.8) is 0 Å². The Morgan fingerprint density at radius 2 is 2.15 bits per heavy atom. The Morgan fingerprint density at radius 1 is 1.35 bits per heavy atom. The van der Waals surface area contributed by atoms with Crippen LogP contribution in [0, 0.1) is 0 Å². The number of ether oxygens (including phenoxy) is 1. The summed E-state index contributed by atoms with van der Waals surface area (Å²) >= 11 is 1.92. The highest BCUT2D eigenvalue weighted by atomic mass is 32.2. The molecule has 20 heavy (non-hydrogen) atoms. The number of benzene rings is 1. The molecule has 4 heteroatoms. The van der Waals surface area contributed by atoms with Gasteiger partial charge in [-0.25, -0.2) is 0 Å².